The number of carbonyl (C=O) groups is 1. The number of carbonyl (C=O) groups excluding carboxylic acids is 1. The Labute approximate surface area is 145 Å². The Hall–Kier alpha value is -2.89. The lowest BCUT2D eigenvalue weighted by Gasteiger charge is -2.21. The van der Waals surface area contributed by atoms with E-state index in [0.29, 0.717) is 43.3 Å². The van der Waals surface area contributed by atoms with Gasteiger partial charge in [0.2, 0.25) is 0 Å². The van der Waals surface area contributed by atoms with Gasteiger partial charge in [-0.05, 0) is 12.1 Å². The number of aromatic nitrogens is 2. The lowest BCUT2D eigenvalue weighted by atomic mass is 10.2. The molecule has 130 valence electrons. The first-order valence-corrected chi connectivity index (χ1v) is 8.04. The third-order valence-electron chi connectivity index (χ3n) is 4.24. The molecule has 8 nitrogen and oxygen atoms in total. The zero-order valence-electron chi connectivity index (χ0n) is 13.7. The number of hydrogen-bond acceptors (Lipinski definition) is 6. The fourth-order valence-corrected chi connectivity index (χ4v) is 2.96. The summed E-state index contributed by atoms with van der Waals surface area (Å²) in [5, 5.41) is 19.2. The van der Waals surface area contributed by atoms with Crippen molar-refractivity contribution < 1.29 is 9.90 Å². The van der Waals surface area contributed by atoms with E-state index in [1.54, 1.807) is 11.1 Å². The topological polar surface area (TPSA) is 122 Å². The van der Waals surface area contributed by atoms with Crippen LogP contribution in [0.4, 0.5) is 5.82 Å². The number of anilines is 1. The fraction of sp³-hybridized carbons (Fsp3) is 0.353. The molecule has 0 aliphatic carbocycles. The second-order valence-corrected chi connectivity index (χ2v) is 6.10. The van der Waals surface area contributed by atoms with Gasteiger partial charge in [-0.3, -0.25) is 9.69 Å². The number of nitrogens with two attached hydrogens (primary N) is 1. The minimum atomic E-state index is -0.658. The molecule has 1 atom stereocenters. The van der Waals surface area contributed by atoms with Crippen molar-refractivity contribution in [3.8, 4) is 6.07 Å². The maximum absolute atomic E-state index is 12.6. The normalized spacial score (nSPS) is 18.6. The number of pyridine rings is 1. The number of aliphatic hydroxyl groups excluding tert-OH is 1. The number of nitrogens with zero attached hydrogens (tertiary/aromatic N) is 4. The summed E-state index contributed by atoms with van der Waals surface area (Å²) >= 11 is 0. The monoisotopic (exact) mass is 340 g/mol. The van der Waals surface area contributed by atoms with Crippen molar-refractivity contribution in [1.82, 2.24) is 19.8 Å². The predicted molar refractivity (Wildman–Crippen MR) is 91.3 cm³/mol. The van der Waals surface area contributed by atoms with Gasteiger partial charge >= 0.3 is 0 Å². The zero-order chi connectivity index (χ0) is 17.8. The van der Waals surface area contributed by atoms with E-state index < -0.39 is 6.10 Å². The first-order chi connectivity index (χ1) is 12.1. The molecule has 3 heterocycles. The van der Waals surface area contributed by atoms with E-state index in [4.69, 9.17) is 11.0 Å². The number of amides is 1. The van der Waals surface area contributed by atoms with E-state index in [-0.39, 0.29) is 12.5 Å². The Morgan fingerprint density at radius 3 is 3.04 bits per heavy atom. The Morgan fingerprint density at radius 2 is 2.32 bits per heavy atom. The van der Waals surface area contributed by atoms with Crippen LogP contribution in [0.1, 0.15) is 21.6 Å². The lowest BCUT2D eigenvalue weighted by molar-refractivity contribution is 0.0658. The molecule has 0 bridgehead atoms. The number of nitriles is 1. The number of nitrogens with one attached hydrogen (secondary N) is 1. The molecular formula is C17H20N6O2. The van der Waals surface area contributed by atoms with Crippen molar-refractivity contribution in [2.45, 2.75) is 12.6 Å². The van der Waals surface area contributed by atoms with Gasteiger partial charge < -0.3 is 20.7 Å². The predicted octanol–water partition coefficient (Wildman–Crippen LogP) is 0.182. The number of aliphatic hydroxyl groups is 1. The molecule has 3 rings (SSSR count). The highest BCUT2D eigenvalue weighted by atomic mass is 16.3. The van der Waals surface area contributed by atoms with E-state index >= 15 is 0 Å². The Bertz CT molecular complexity index is 796. The maximum atomic E-state index is 12.6. The van der Waals surface area contributed by atoms with Gasteiger partial charge in [0, 0.05) is 50.7 Å². The van der Waals surface area contributed by atoms with Crippen LogP contribution in [0, 0.1) is 11.3 Å². The molecule has 4 N–H and O–H groups in total. The SMILES string of the molecule is N#Cc1c[nH]c(C(=O)N2CCN(Cc3cccnc3N)C[C@@H](O)C2)c1. The molecular weight excluding hydrogens is 320 g/mol. The lowest BCUT2D eigenvalue weighted by Crippen LogP contribution is -2.37. The van der Waals surface area contributed by atoms with E-state index in [1.807, 2.05) is 18.2 Å². The largest absolute Gasteiger partial charge is 0.390 e. The van der Waals surface area contributed by atoms with Crippen LogP contribution < -0.4 is 5.73 Å². The second-order valence-electron chi connectivity index (χ2n) is 6.10. The molecule has 1 amide bonds. The first kappa shape index (κ1) is 17.0. The molecule has 1 fully saturated rings. The standard InChI is InChI=1S/C17H20N6O2/c18-7-12-6-15(21-8-12)17(25)23-5-4-22(10-14(24)11-23)9-13-2-1-3-20-16(13)19/h1-3,6,8,14,21,24H,4-5,9-11H2,(H2,19,20)/t14-/m1/s1. The number of β-amino-alcohol motifs (C(OH)–C–C–N with tert-alkyl or cyclic N) is 1. The summed E-state index contributed by atoms with van der Waals surface area (Å²) in [6.45, 7) is 2.37. The van der Waals surface area contributed by atoms with Gasteiger partial charge in [0.05, 0.1) is 11.7 Å². The third-order valence-corrected chi connectivity index (χ3v) is 4.24. The van der Waals surface area contributed by atoms with Crippen LogP contribution in [0.2, 0.25) is 0 Å². The minimum Gasteiger partial charge on any atom is -0.390 e. The van der Waals surface area contributed by atoms with Gasteiger partial charge in [0.1, 0.15) is 17.6 Å². The van der Waals surface area contributed by atoms with Crippen LogP contribution >= 0.6 is 0 Å². The molecule has 2 aromatic rings. The van der Waals surface area contributed by atoms with Crippen molar-refractivity contribution in [3.05, 3.63) is 47.4 Å². The molecule has 0 unspecified atom stereocenters. The average molecular weight is 340 g/mol. The summed E-state index contributed by atoms with van der Waals surface area (Å²) in [4.78, 5) is 23.1. The third kappa shape index (κ3) is 3.96. The van der Waals surface area contributed by atoms with Crippen LogP contribution in [0.5, 0.6) is 0 Å². The molecule has 8 heteroatoms. The molecule has 0 saturated carbocycles. The van der Waals surface area contributed by atoms with Crippen LogP contribution in [-0.2, 0) is 6.54 Å². The number of H-pyrrole nitrogens is 1. The summed E-state index contributed by atoms with van der Waals surface area (Å²) in [6.07, 6.45) is 2.48. The molecule has 0 aromatic carbocycles. The maximum Gasteiger partial charge on any atom is 0.270 e. The molecule has 1 aliphatic rings. The average Bonchev–Trinajstić information content (AvgIpc) is 3.01. The first-order valence-electron chi connectivity index (χ1n) is 8.04. The van der Waals surface area contributed by atoms with Gasteiger partial charge in [-0.15, -0.1) is 0 Å². The summed E-state index contributed by atoms with van der Waals surface area (Å²) in [5.41, 5.74) is 7.55. The Balaban J connectivity index is 1.67. The van der Waals surface area contributed by atoms with Crippen LogP contribution in [0.3, 0.4) is 0 Å². The number of hydrogen-bond donors (Lipinski definition) is 3. The van der Waals surface area contributed by atoms with Gasteiger partial charge in [0.15, 0.2) is 0 Å². The van der Waals surface area contributed by atoms with Gasteiger partial charge in [-0.1, -0.05) is 6.07 Å². The van der Waals surface area contributed by atoms with E-state index in [0.717, 1.165) is 5.56 Å². The molecule has 0 spiro atoms. The van der Waals surface area contributed by atoms with Crippen molar-refractivity contribution in [3.63, 3.8) is 0 Å². The second kappa shape index (κ2) is 7.34. The Morgan fingerprint density at radius 1 is 1.48 bits per heavy atom. The quantitative estimate of drug-likeness (QED) is 0.733. The van der Waals surface area contributed by atoms with E-state index in [9.17, 15) is 9.90 Å². The highest BCUT2D eigenvalue weighted by Gasteiger charge is 2.26. The van der Waals surface area contributed by atoms with Crippen LogP contribution in [0.25, 0.3) is 0 Å². The molecule has 1 aliphatic heterocycles. The highest BCUT2D eigenvalue weighted by molar-refractivity contribution is 5.93. The molecule has 1 saturated heterocycles. The summed E-state index contributed by atoms with van der Waals surface area (Å²) in [6, 6.07) is 7.24. The fourth-order valence-electron chi connectivity index (χ4n) is 2.96. The molecule has 2 aromatic heterocycles. The van der Waals surface area contributed by atoms with E-state index in [2.05, 4.69) is 14.9 Å². The van der Waals surface area contributed by atoms with Gasteiger partial charge in [-0.25, -0.2) is 4.98 Å². The minimum absolute atomic E-state index is 0.219. The number of nitrogen functional groups attached to an aromatic ring is 1. The summed E-state index contributed by atoms with van der Waals surface area (Å²) < 4.78 is 0. The van der Waals surface area contributed by atoms with Crippen molar-refractivity contribution in [2.24, 2.45) is 0 Å². The number of rotatable bonds is 3. The van der Waals surface area contributed by atoms with Crippen molar-refractivity contribution in [1.29, 1.82) is 5.26 Å². The molecule has 0 radical (unpaired) electrons. The van der Waals surface area contributed by atoms with Gasteiger partial charge in [0.25, 0.3) is 5.91 Å². The smallest absolute Gasteiger partial charge is 0.270 e. The van der Waals surface area contributed by atoms with Crippen molar-refractivity contribution >= 4 is 11.7 Å². The Kier molecular flexibility index (Phi) is 4.97. The summed E-state index contributed by atoms with van der Waals surface area (Å²) in [5.74, 6) is 0.257. The molecule has 25 heavy (non-hydrogen) atoms. The number of aromatic amines is 1. The van der Waals surface area contributed by atoms with Crippen LogP contribution in [-0.4, -0.2) is 63.1 Å². The van der Waals surface area contributed by atoms with Crippen molar-refractivity contribution in [2.75, 3.05) is 31.9 Å². The van der Waals surface area contributed by atoms with Crippen LogP contribution in [0.15, 0.2) is 30.6 Å². The van der Waals surface area contributed by atoms with Gasteiger partial charge in [-0.2, -0.15) is 5.26 Å². The zero-order valence-corrected chi connectivity index (χ0v) is 13.7. The van der Waals surface area contributed by atoms with E-state index in [1.165, 1.54) is 12.3 Å². The highest BCUT2D eigenvalue weighted by Crippen LogP contribution is 2.15. The summed E-state index contributed by atoms with van der Waals surface area (Å²) in [7, 11) is 0.